The molecule has 5 heteroatoms. The van der Waals surface area contributed by atoms with Gasteiger partial charge >= 0.3 is 5.97 Å². The van der Waals surface area contributed by atoms with E-state index in [-0.39, 0.29) is 18.2 Å². The minimum Gasteiger partial charge on any atom is -0.497 e. The topological polar surface area (TPSA) is 55.8 Å². The molecule has 1 atom stereocenters. The predicted octanol–water partition coefficient (Wildman–Crippen LogP) is 7.01. The summed E-state index contributed by atoms with van der Waals surface area (Å²) in [5.74, 6) is 0.937. The van der Waals surface area contributed by atoms with Gasteiger partial charge in [-0.05, 0) is 102 Å². The van der Waals surface area contributed by atoms with E-state index in [0.29, 0.717) is 23.8 Å². The molecule has 5 rings (SSSR count). The number of ether oxygens (including phenoxy) is 2. The van der Waals surface area contributed by atoms with E-state index in [0.717, 1.165) is 40.8 Å². The first-order valence-corrected chi connectivity index (χ1v) is 12.1. The van der Waals surface area contributed by atoms with E-state index in [2.05, 4.69) is 12.2 Å². The van der Waals surface area contributed by atoms with Crippen molar-refractivity contribution >= 4 is 12.0 Å². The molecule has 1 N–H and O–H groups in total. The highest BCUT2D eigenvalue weighted by molar-refractivity contribution is 5.77. The van der Waals surface area contributed by atoms with Gasteiger partial charge in [-0.15, -0.1) is 0 Å². The molecule has 4 nitrogen and oxygen atoms in total. The van der Waals surface area contributed by atoms with Crippen LogP contribution in [0.1, 0.15) is 53.9 Å². The highest BCUT2D eigenvalue weighted by Crippen LogP contribution is 2.38. The summed E-state index contributed by atoms with van der Waals surface area (Å²) in [4.78, 5) is 11.2. The van der Waals surface area contributed by atoms with Gasteiger partial charge in [0, 0.05) is 5.56 Å². The van der Waals surface area contributed by atoms with Gasteiger partial charge in [0.25, 0.3) is 0 Å². The quantitative estimate of drug-likeness (QED) is 0.364. The van der Waals surface area contributed by atoms with Crippen LogP contribution in [0.5, 0.6) is 11.5 Å². The largest absolute Gasteiger partial charge is 0.497 e. The molecule has 2 aliphatic rings. The molecular formula is C30H29FO4. The van der Waals surface area contributed by atoms with E-state index in [1.54, 1.807) is 19.2 Å². The van der Waals surface area contributed by atoms with Crippen molar-refractivity contribution in [1.82, 2.24) is 0 Å². The highest BCUT2D eigenvalue weighted by atomic mass is 19.1. The zero-order chi connectivity index (χ0) is 24.4. The van der Waals surface area contributed by atoms with Crippen molar-refractivity contribution in [1.29, 1.82) is 0 Å². The maximum atomic E-state index is 14.7. The molecule has 0 spiro atoms. The maximum Gasteiger partial charge on any atom is 0.303 e. The molecule has 0 aromatic heterocycles. The van der Waals surface area contributed by atoms with Crippen LogP contribution in [-0.4, -0.2) is 18.2 Å². The summed E-state index contributed by atoms with van der Waals surface area (Å²) in [5, 5.41) is 9.21. The normalized spacial score (nSPS) is 16.9. The zero-order valence-corrected chi connectivity index (χ0v) is 19.8. The van der Waals surface area contributed by atoms with Crippen LogP contribution < -0.4 is 9.47 Å². The van der Waals surface area contributed by atoms with E-state index in [4.69, 9.17) is 9.47 Å². The van der Waals surface area contributed by atoms with E-state index in [1.807, 2.05) is 36.4 Å². The molecule has 0 bridgehead atoms. The summed E-state index contributed by atoms with van der Waals surface area (Å²) in [6.07, 6.45) is 8.60. The fourth-order valence-corrected chi connectivity index (χ4v) is 4.80. The molecule has 0 saturated heterocycles. The van der Waals surface area contributed by atoms with Crippen LogP contribution in [0.3, 0.4) is 0 Å². The number of benzene rings is 3. The Morgan fingerprint density at radius 1 is 1.03 bits per heavy atom. The Bertz CT molecular complexity index is 1280. The number of aliphatic carboxylic acids is 1. The van der Waals surface area contributed by atoms with E-state index >= 15 is 0 Å². The van der Waals surface area contributed by atoms with Crippen LogP contribution >= 0.6 is 0 Å². The summed E-state index contributed by atoms with van der Waals surface area (Å²) in [6.45, 7) is 0.369. The van der Waals surface area contributed by atoms with Gasteiger partial charge in [-0.3, -0.25) is 4.79 Å². The summed E-state index contributed by atoms with van der Waals surface area (Å²) in [5.41, 5.74) is 5.55. The van der Waals surface area contributed by atoms with Crippen LogP contribution in [0.2, 0.25) is 0 Å². The Kier molecular flexibility index (Phi) is 6.58. The molecule has 1 fully saturated rings. The Morgan fingerprint density at radius 3 is 2.63 bits per heavy atom. The lowest BCUT2D eigenvalue weighted by atomic mass is 9.96. The van der Waals surface area contributed by atoms with Crippen molar-refractivity contribution < 1.29 is 23.8 Å². The summed E-state index contributed by atoms with van der Waals surface area (Å²) < 4.78 is 26.1. The SMILES string of the molecule is COc1ccc(F)c(-c2ccc(COc3ccc4c(c3)[C@@H](CC(=O)O)CC4)cc2C=CC2CC2)c1. The van der Waals surface area contributed by atoms with E-state index < -0.39 is 5.97 Å². The third-order valence-corrected chi connectivity index (χ3v) is 6.90. The summed E-state index contributed by atoms with van der Waals surface area (Å²) in [6, 6.07) is 16.7. The number of hydrogen-bond acceptors (Lipinski definition) is 3. The number of carboxylic acids is 1. The molecule has 0 amide bonds. The van der Waals surface area contributed by atoms with Crippen LogP contribution in [0.25, 0.3) is 17.2 Å². The molecule has 0 unspecified atom stereocenters. The molecule has 3 aromatic rings. The number of rotatable bonds is 9. The number of allylic oxidation sites excluding steroid dienone is 1. The molecule has 1 saturated carbocycles. The van der Waals surface area contributed by atoms with Gasteiger partial charge in [0.1, 0.15) is 23.9 Å². The van der Waals surface area contributed by atoms with Gasteiger partial charge < -0.3 is 14.6 Å². The molecule has 35 heavy (non-hydrogen) atoms. The third kappa shape index (κ3) is 5.40. The summed E-state index contributed by atoms with van der Waals surface area (Å²) >= 11 is 0. The first-order valence-electron chi connectivity index (χ1n) is 12.1. The van der Waals surface area contributed by atoms with Gasteiger partial charge in [-0.25, -0.2) is 4.39 Å². The van der Waals surface area contributed by atoms with Crippen LogP contribution in [0.15, 0.2) is 60.7 Å². The number of methoxy groups -OCH3 is 1. The van der Waals surface area contributed by atoms with Gasteiger partial charge in [-0.1, -0.05) is 30.4 Å². The Balaban J connectivity index is 1.38. The molecule has 180 valence electrons. The van der Waals surface area contributed by atoms with Crippen molar-refractivity contribution in [3.05, 3.63) is 88.7 Å². The van der Waals surface area contributed by atoms with Crippen molar-refractivity contribution in [3.8, 4) is 22.6 Å². The number of aryl methyl sites for hydroxylation is 1. The highest BCUT2D eigenvalue weighted by Gasteiger charge is 2.25. The minimum absolute atomic E-state index is 0.0438. The third-order valence-electron chi connectivity index (χ3n) is 6.90. The molecule has 0 radical (unpaired) electrons. The number of halogens is 1. The average molecular weight is 473 g/mol. The second-order valence-corrected chi connectivity index (χ2v) is 9.45. The maximum absolute atomic E-state index is 14.7. The average Bonchev–Trinajstić information content (AvgIpc) is 3.62. The molecule has 3 aromatic carbocycles. The lowest BCUT2D eigenvalue weighted by Gasteiger charge is -2.14. The van der Waals surface area contributed by atoms with Crippen LogP contribution in [0.4, 0.5) is 4.39 Å². The second-order valence-electron chi connectivity index (χ2n) is 9.45. The number of hydrogen-bond donors (Lipinski definition) is 1. The summed E-state index contributed by atoms with van der Waals surface area (Å²) in [7, 11) is 1.58. The Labute approximate surface area is 205 Å². The van der Waals surface area contributed by atoms with Crippen LogP contribution in [-0.2, 0) is 17.8 Å². The molecular weight excluding hydrogens is 443 g/mol. The van der Waals surface area contributed by atoms with Gasteiger partial charge in [-0.2, -0.15) is 0 Å². The second kappa shape index (κ2) is 9.95. The van der Waals surface area contributed by atoms with E-state index in [9.17, 15) is 14.3 Å². The fraction of sp³-hybridized carbons (Fsp3) is 0.300. The van der Waals surface area contributed by atoms with Crippen molar-refractivity contribution in [3.63, 3.8) is 0 Å². The Morgan fingerprint density at radius 2 is 1.86 bits per heavy atom. The first-order chi connectivity index (χ1) is 17.0. The Hall–Kier alpha value is -3.60. The smallest absolute Gasteiger partial charge is 0.303 e. The zero-order valence-electron chi connectivity index (χ0n) is 19.8. The number of carbonyl (C=O) groups is 1. The van der Waals surface area contributed by atoms with Gasteiger partial charge in [0.15, 0.2) is 0 Å². The van der Waals surface area contributed by atoms with Gasteiger partial charge in [0.2, 0.25) is 0 Å². The predicted molar refractivity (Wildman–Crippen MR) is 134 cm³/mol. The number of carboxylic acid groups (broad SMARTS) is 1. The van der Waals surface area contributed by atoms with Crippen LogP contribution in [0, 0.1) is 11.7 Å². The molecule has 2 aliphatic carbocycles. The fourth-order valence-electron chi connectivity index (χ4n) is 4.80. The number of fused-ring (bicyclic) bond motifs is 1. The first kappa shape index (κ1) is 23.2. The van der Waals surface area contributed by atoms with Crippen molar-refractivity contribution in [2.24, 2.45) is 5.92 Å². The molecule has 0 heterocycles. The monoisotopic (exact) mass is 472 g/mol. The van der Waals surface area contributed by atoms with Crippen molar-refractivity contribution in [2.75, 3.05) is 7.11 Å². The van der Waals surface area contributed by atoms with Crippen molar-refractivity contribution in [2.45, 2.75) is 44.6 Å². The lowest BCUT2D eigenvalue weighted by Crippen LogP contribution is -2.03. The standard InChI is InChI=1S/C30H29FO4/c1-34-24-11-13-29(31)28(16-24)26-12-5-20(14-22(26)6-4-19-2-3-19)18-35-25-10-9-21-7-8-23(15-30(32)33)27(21)17-25/h4-6,9-14,16-17,19,23H,2-3,7-8,15,18H2,1H3,(H,32,33)/t23-/m1/s1. The van der Waals surface area contributed by atoms with E-state index in [1.165, 1.54) is 24.5 Å². The molecule has 0 aliphatic heterocycles. The van der Waals surface area contributed by atoms with Gasteiger partial charge in [0.05, 0.1) is 13.5 Å². The lowest BCUT2D eigenvalue weighted by molar-refractivity contribution is -0.137. The minimum atomic E-state index is -0.770.